The molecule has 5 nitrogen and oxygen atoms in total. The Balaban J connectivity index is 3.27. The van der Waals surface area contributed by atoms with Gasteiger partial charge in [0, 0.05) is 23.5 Å². The van der Waals surface area contributed by atoms with Crippen LogP contribution in [0.15, 0.2) is 18.2 Å². The smallest absolute Gasteiger partial charge is 0.416 e. The van der Waals surface area contributed by atoms with Crippen LogP contribution < -0.4 is 4.72 Å². The molecule has 0 spiro atoms. The summed E-state index contributed by atoms with van der Waals surface area (Å²) in [6, 6.07) is 0.478. The molecule has 1 aromatic carbocycles. The number of rotatable bonds is 5. The summed E-state index contributed by atoms with van der Waals surface area (Å²) in [4.78, 5) is 9.80. The van der Waals surface area contributed by atoms with E-state index in [1.54, 1.807) is 20.8 Å². The predicted octanol–water partition coefficient (Wildman–Crippen LogP) is 3.68. The van der Waals surface area contributed by atoms with Crippen LogP contribution in [0.1, 0.15) is 37.9 Å². The van der Waals surface area contributed by atoms with E-state index in [0.717, 1.165) is 6.07 Å². The Labute approximate surface area is 133 Å². The van der Waals surface area contributed by atoms with Crippen LogP contribution >= 0.6 is 0 Å². The van der Waals surface area contributed by atoms with Gasteiger partial charge in [-0.3, -0.25) is 10.1 Å². The van der Waals surface area contributed by atoms with Crippen LogP contribution in [-0.2, 0) is 17.5 Å². The molecule has 23 heavy (non-hydrogen) atoms. The van der Waals surface area contributed by atoms with Gasteiger partial charge in [0.15, 0.2) is 0 Å². The minimum Gasteiger partial charge on any atom is -0.598 e. The van der Waals surface area contributed by atoms with Gasteiger partial charge in [-0.15, -0.1) is 4.72 Å². The molecule has 0 heterocycles. The number of nitro benzene ring substituents is 1. The van der Waals surface area contributed by atoms with Crippen LogP contribution in [0.3, 0.4) is 0 Å². The molecule has 2 atom stereocenters. The highest BCUT2D eigenvalue weighted by molar-refractivity contribution is 7.90. The first-order valence-electron chi connectivity index (χ1n) is 6.47. The van der Waals surface area contributed by atoms with E-state index in [1.165, 1.54) is 0 Å². The van der Waals surface area contributed by atoms with Gasteiger partial charge in [0.05, 0.1) is 10.5 Å². The summed E-state index contributed by atoms with van der Waals surface area (Å²) in [5.74, 6) is 0. The number of hydrogen-bond acceptors (Lipinski definition) is 4. The largest absolute Gasteiger partial charge is 0.598 e. The van der Waals surface area contributed by atoms with Crippen LogP contribution in [0.2, 0.25) is 0 Å². The summed E-state index contributed by atoms with van der Waals surface area (Å²) < 4.78 is 65.3. The summed E-state index contributed by atoms with van der Waals surface area (Å²) in [5.41, 5.74) is -2.35. The van der Waals surface area contributed by atoms with Crippen LogP contribution in [0.25, 0.3) is 0 Å². The monoisotopic (exact) mass is 356 g/mol. The minimum absolute atomic E-state index is 0.286. The first-order valence-corrected chi connectivity index (χ1v) is 7.62. The van der Waals surface area contributed by atoms with Crippen molar-refractivity contribution in [3.05, 3.63) is 39.4 Å². The summed E-state index contributed by atoms with van der Waals surface area (Å²) in [7, 11) is 0. The van der Waals surface area contributed by atoms with Crippen molar-refractivity contribution in [3.8, 4) is 0 Å². The lowest BCUT2D eigenvalue weighted by atomic mass is 10.0. The van der Waals surface area contributed by atoms with Gasteiger partial charge in [0.25, 0.3) is 5.69 Å². The minimum atomic E-state index is -4.81. The van der Waals surface area contributed by atoms with Crippen molar-refractivity contribution in [1.82, 2.24) is 4.72 Å². The van der Waals surface area contributed by atoms with Crippen molar-refractivity contribution >= 4 is 17.0 Å². The molecule has 1 rings (SSSR count). The first-order chi connectivity index (χ1) is 10.4. The van der Waals surface area contributed by atoms with Gasteiger partial charge in [-0.25, -0.2) is 4.39 Å². The third-order valence-electron chi connectivity index (χ3n) is 2.84. The molecule has 0 aromatic heterocycles. The fourth-order valence-corrected chi connectivity index (χ4v) is 2.41. The van der Waals surface area contributed by atoms with Crippen LogP contribution in [0.4, 0.5) is 23.2 Å². The lowest BCUT2D eigenvalue weighted by Crippen LogP contribution is -2.41. The number of hydrogen-bond donors (Lipinski definition) is 1. The van der Waals surface area contributed by atoms with E-state index >= 15 is 0 Å². The van der Waals surface area contributed by atoms with Gasteiger partial charge in [0.2, 0.25) is 0 Å². The van der Waals surface area contributed by atoms with Crippen molar-refractivity contribution in [2.45, 2.75) is 37.7 Å². The van der Waals surface area contributed by atoms with Crippen LogP contribution in [0.5, 0.6) is 0 Å². The SMILES string of the molecule is CC(C)(C)[S@@+]([O-])N[C@H](CF)c1cc([N+](=O)[O-])cc(C(F)(F)F)c1. The van der Waals surface area contributed by atoms with Crippen molar-refractivity contribution < 1.29 is 27.0 Å². The Morgan fingerprint density at radius 1 is 1.26 bits per heavy atom. The molecule has 0 saturated heterocycles. The number of halogens is 4. The average molecular weight is 356 g/mol. The molecule has 1 aromatic rings. The van der Waals surface area contributed by atoms with Gasteiger partial charge in [-0.1, -0.05) is 0 Å². The molecule has 0 bridgehead atoms. The lowest BCUT2D eigenvalue weighted by Gasteiger charge is -2.27. The Bertz CT molecular complexity index is 575. The second kappa shape index (κ2) is 7.02. The zero-order valence-corrected chi connectivity index (χ0v) is 13.4. The highest BCUT2D eigenvalue weighted by Gasteiger charge is 2.35. The van der Waals surface area contributed by atoms with E-state index < -0.39 is 51.2 Å². The van der Waals surface area contributed by atoms with Crippen molar-refractivity contribution in [2.24, 2.45) is 0 Å². The van der Waals surface area contributed by atoms with Gasteiger partial charge in [-0.05, 0) is 32.4 Å². The highest BCUT2D eigenvalue weighted by Crippen LogP contribution is 2.34. The quantitative estimate of drug-likeness (QED) is 0.378. The molecule has 0 unspecified atom stereocenters. The molecule has 0 amide bonds. The second-order valence-electron chi connectivity index (χ2n) is 5.77. The van der Waals surface area contributed by atoms with Crippen molar-refractivity contribution in [3.63, 3.8) is 0 Å². The van der Waals surface area contributed by atoms with Crippen molar-refractivity contribution in [2.75, 3.05) is 6.67 Å². The number of non-ortho nitro benzene ring substituents is 1. The van der Waals surface area contributed by atoms with E-state index in [1.807, 2.05) is 0 Å². The van der Waals surface area contributed by atoms with Gasteiger partial charge >= 0.3 is 6.18 Å². The molecule has 0 fully saturated rings. The predicted molar refractivity (Wildman–Crippen MR) is 77.8 cm³/mol. The lowest BCUT2D eigenvalue weighted by molar-refractivity contribution is -0.385. The van der Waals surface area contributed by atoms with E-state index in [9.17, 15) is 32.2 Å². The Morgan fingerprint density at radius 3 is 2.22 bits per heavy atom. The molecule has 10 heteroatoms. The standard InChI is InChI=1S/C13H16F4N2O3S/c1-12(2,3)23(22)18-11(7-14)8-4-9(13(15,16)17)6-10(5-8)19(20)21/h4-6,11,18H,7H2,1-3H3/t11-,23-/m1/s1. The van der Waals surface area contributed by atoms with Gasteiger partial charge in [0.1, 0.15) is 17.5 Å². The van der Waals surface area contributed by atoms with Gasteiger partial charge in [-0.2, -0.15) is 13.2 Å². The zero-order valence-electron chi connectivity index (χ0n) is 12.6. The average Bonchev–Trinajstić information content (AvgIpc) is 2.41. The summed E-state index contributed by atoms with van der Waals surface area (Å²) in [6.07, 6.45) is -4.81. The molecular weight excluding hydrogens is 340 g/mol. The van der Waals surface area contributed by atoms with E-state index in [4.69, 9.17) is 0 Å². The van der Waals surface area contributed by atoms with E-state index in [-0.39, 0.29) is 5.56 Å². The Morgan fingerprint density at radius 2 is 1.83 bits per heavy atom. The fourth-order valence-electron chi connectivity index (χ4n) is 1.60. The Hall–Kier alpha value is -1.39. The molecule has 0 aliphatic carbocycles. The second-order valence-corrected chi connectivity index (χ2v) is 7.77. The first kappa shape index (κ1) is 19.7. The topological polar surface area (TPSA) is 78.2 Å². The summed E-state index contributed by atoms with van der Waals surface area (Å²) in [6.45, 7) is 3.63. The number of benzene rings is 1. The van der Waals surface area contributed by atoms with E-state index in [2.05, 4.69) is 4.72 Å². The summed E-state index contributed by atoms with van der Waals surface area (Å²) >= 11 is -1.75. The molecule has 130 valence electrons. The molecular formula is C13H16F4N2O3S. The molecule has 1 N–H and O–H groups in total. The van der Waals surface area contributed by atoms with Crippen molar-refractivity contribution in [1.29, 1.82) is 0 Å². The molecule has 0 aliphatic rings. The molecule has 0 saturated carbocycles. The number of nitrogens with one attached hydrogen (secondary N) is 1. The third kappa shape index (κ3) is 5.33. The number of nitrogens with zero attached hydrogens (tertiary/aromatic N) is 1. The molecule has 0 radical (unpaired) electrons. The maximum atomic E-state index is 13.2. The fraction of sp³-hybridized carbons (Fsp3) is 0.538. The zero-order chi connectivity index (χ0) is 18.0. The summed E-state index contributed by atoms with van der Waals surface area (Å²) in [5, 5.41) is 10.8. The highest BCUT2D eigenvalue weighted by atomic mass is 32.2. The number of alkyl halides is 4. The van der Waals surface area contributed by atoms with Gasteiger partial charge < -0.3 is 4.55 Å². The van der Waals surface area contributed by atoms with Crippen LogP contribution in [0, 0.1) is 10.1 Å². The molecule has 0 aliphatic heterocycles. The normalized spacial score (nSPS) is 15.3. The van der Waals surface area contributed by atoms with Crippen LogP contribution in [-0.4, -0.2) is 20.9 Å². The van der Waals surface area contributed by atoms with E-state index in [0.29, 0.717) is 12.1 Å². The number of nitro groups is 1. The maximum Gasteiger partial charge on any atom is 0.416 e. The third-order valence-corrected chi connectivity index (χ3v) is 4.45. The Kier molecular flexibility index (Phi) is 6.00. The maximum absolute atomic E-state index is 13.2.